The van der Waals surface area contributed by atoms with E-state index in [1.54, 1.807) is 18.2 Å². The summed E-state index contributed by atoms with van der Waals surface area (Å²) in [6.07, 6.45) is 1.33. The van der Waals surface area contributed by atoms with Gasteiger partial charge >= 0.3 is 0 Å². The monoisotopic (exact) mass is 290 g/mol. The lowest BCUT2D eigenvalue weighted by Gasteiger charge is -2.05. The summed E-state index contributed by atoms with van der Waals surface area (Å²) in [6, 6.07) is 4.71. The van der Waals surface area contributed by atoms with Gasteiger partial charge in [0, 0.05) is 22.2 Å². The summed E-state index contributed by atoms with van der Waals surface area (Å²) in [5.41, 5.74) is 5.79. The largest absolute Gasteiger partial charge is 0.393 e. The van der Waals surface area contributed by atoms with Crippen molar-refractivity contribution in [1.82, 2.24) is 5.32 Å². The van der Waals surface area contributed by atoms with Crippen LogP contribution in [0.25, 0.3) is 0 Å². The third kappa shape index (κ3) is 5.35. The number of nitrogens with one attached hydrogen (secondary N) is 1. The van der Waals surface area contributed by atoms with Crippen LogP contribution >= 0.6 is 35.4 Å². The van der Waals surface area contributed by atoms with Crippen LogP contribution in [0.4, 0.5) is 0 Å². The fourth-order valence-electron chi connectivity index (χ4n) is 1.25. The van der Waals surface area contributed by atoms with Gasteiger partial charge in [-0.25, -0.2) is 0 Å². The molecule has 0 aliphatic rings. The van der Waals surface area contributed by atoms with E-state index in [-0.39, 0.29) is 5.91 Å². The first kappa shape index (κ1) is 14.2. The minimum Gasteiger partial charge on any atom is -0.393 e. The molecule has 0 bridgehead atoms. The van der Waals surface area contributed by atoms with Gasteiger partial charge in [-0.3, -0.25) is 4.79 Å². The summed E-state index contributed by atoms with van der Waals surface area (Å²) in [7, 11) is 0. The maximum Gasteiger partial charge on any atom is 0.251 e. The second kappa shape index (κ2) is 6.79. The normalized spacial score (nSPS) is 10.0. The zero-order chi connectivity index (χ0) is 12.8. The van der Waals surface area contributed by atoms with Crippen molar-refractivity contribution in [2.45, 2.75) is 12.8 Å². The highest BCUT2D eigenvalue weighted by Gasteiger charge is 2.07. The molecule has 3 nitrogen and oxygen atoms in total. The van der Waals surface area contributed by atoms with Gasteiger partial charge in [0.1, 0.15) is 0 Å². The van der Waals surface area contributed by atoms with Gasteiger partial charge in [0.05, 0.1) is 4.99 Å². The van der Waals surface area contributed by atoms with Crippen molar-refractivity contribution in [1.29, 1.82) is 0 Å². The molecule has 92 valence electrons. The molecule has 17 heavy (non-hydrogen) atoms. The Balaban J connectivity index is 2.49. The second-order valence-electron chi connectivity index (χ2n) is 3.48. The number of amides is 1. The van der Waals surface area contributed by atoms with Crippen molar-refractivity contribution in [3.63, 3.8) is 0 Å². The number of benzene rings is 1. The molecular weight excluding hydrogens is 279 g/mol. The summed E-state index contributed by atoms with van der Waals surface area (Å²) < 4.78 is 0. The molecule has 1 aromatic rings. The summed E-state index contributed by atoms with van der Waals surface area (Å²) in [6.45, 7) is 0.514. The summed E-state index contributed by atoms with van der Waals surface area (Å²) >= 11 is 16.3. The van der Waals surface area contributed by atoms with Crippen molar-refractivity contribution in [3.05, 3.63) is 33.8 Å². The number of carbonyl (C=O) groups is 1. The van der Waals surface area contributed by atoms with Crippen LogP contribution in [-0.2, 0) is 0 Å². The molecule has 0 radical (unpaired) electrons. The lowest BCUT2D eigenvalue weighted by Crippen LogP contribution is -2.25. The molecule has 0 aliphatic heterocycles. The van der Waals surface area contributed by atoms with E-state index in [0.717, 1.165) is 6.42 Å². The molecule has 1 amide bonds. The number of nitrogens with two attached hydrogens (primary N) is 1. The maximum atomic E-state index is 11.7. The number of rotatable bonds is 5. The third-order valence-electron chi connectivity index (χ3n) is 2.01. The topological polar surface area (TPSA) is 55.1 Å². The van der Waals surface area contributed by atoms with E-state index >= 15 is 0 Å². The molecule has 6 heteroatoms. The Morgan fingerprint density at radius 1 is 1.29 bits per heavy atom. The van der Waals surface area contributed by atoms with E-state index in [0.29, 0.717) is 33.6 Å². The van der Waals surface area contributed by atoms with Crippen LogP contribution in [0.1, 0.15) is 23.2 Å². The lowest BCUT2D eigenvalue weighted by molar-refractivity contribution is 0.0953. The van der Waals surface area contributed by atoms with Crippen LogP contribution in [0.15, 0.2) is 18.2 Å². The minimum atomic E-state index is -0.211. The van der Waals surface area contributed by atoms with E-state index in [1.807, 2.05) is 0 Å². The Bertz CT molecular complexity index is 417. The smallest absolute Gasteiger partial charge is 0.251 e. The van der Waals surface area contributed by atoms with Crippen LogP contribution in [0.5, 0.6) is 0 Å². The van der Waals surface area contributed by atoms with Crippen LogP contribution < -0.4 is 11.1 Å². The number of halogens is 2. The molecule has 3 N–H and O–H groups in total. The van der Waals surface area contributed by atoms with Crippen molar-refractivity contribution >= 4 is 46.3 Å². The highest BCUT2D eigenvalue weighted by atomic mass is 35.5. The van der Waals surface area contributed by atoms with Gasteiger partial charge in [-0.1, -0.05) is 35.4 Å². The first-order valence-electron chi connectivity index (χ1n) is 5.01. The highest BCUT2D eigenvalue weighted by Crippen LogP contribution is 2.18. The van der Waals surface area contributed by atoms with Crippen molar-refractivity contribution in [2.75, 3.05) is 6.54 Å². The SMILES string of the molecule is NC(=S)CCCNC(=O)c1cc(Cl)cc(Cl)c1. The Kier molecular flexibility index (Phi) is 5.68. The molecule has 0 aliphatic carbocycles. The molecule has 0 spiro atoms. The first-order chi connectivity index (χ1) is 7.99. The van der Waals surface area contributed by atoms with Crippen molar-refractivity contribution in [3.8, 4) is 0 Å². The van der Waals surface area contributed by atoms with Gasteiger partial charge in [0.2, 0.25) is 0 Å². The number of carbonyl (C=O) groups excluding carboxylic acids is 1. The molecule has 0 aromatic heterocycles. The highest BCUT2D eigenvalue weighted by molar-refractivity contribution is 7.80. The first-order valence-corrected chi connectivity index (χ1v) is 6.18. The average molecular weight is 291 g/mol. The molecule has 0 saturated heterocycles. The minimum absolute atomic E-state index is 0.211. The number of hydrogen-bond donors (Lipinski definition) is 2. The van der Waals surface area contributed by atoms with E-state index in [2.05, 4.69) is 5.32 Å². The van der Waals surface area contributed by atoms with Gasteiger partial charge in [0.15, 0.2) is 0 Å². The molecule has 0 saturated carbocycles. The van der Waals surface area contributed by atoms with Gasteiger partial charge in [0.25, 0.3) is 5.91 Å². The molecule has 0 fully saturated rings. The summed E-state index contributed by atoms with van der Waals surface area (Å²) in [5.74, 6) is -0.211. The second-order valence-corrected chi connectivity index (χ2v) is 4.88. The zero-order valence-corrected chi connectivity index (χ0v) is 11.3. The van der Waals surface area contributed by atoms with Gasteiger partial charge in [-0.2, -0.15) is 0 Å². The number of thiocarbonyl (C=S) groups is 1. The van der Waals surface area contributed by atoms with E-state index in [1.165, 1.54) is 0 Å². The maximum absolute atomic E-state index is 11.7. The predicted molar refractivity (Wildman–Crippen MR) is 74.8 cm³/mol. The van der Waals surface area contributed by atoms with E-state index in [4.69, 9.17) is 41.2 Å². The Labute approximate surface area is 115 Å². The van der Waals surface area contributed by atoms with Crippen LogP contribution in [0, 0.1) is 0 Å². The molecule has 0 heterocycles. The standard InChI is InChI=1S/C11H12Cl2N2OS/c12-8-4-7(5-9(13)6-8)11(16)15-3-1-2-10(14)17/h4-6H,1-3H2,(H2,14,17)(H,15,16). The number of hydrogen-bond acceptors (Lipinski definition) is 2. The van der Waals surface area contributed by atoms with Crippen LogP contribution in [0.2, 0.25) is 10.0 Å². The molecule has 1 aromatic carbocycles. The summed E-state index contributed by atoms with van der Waals surface area (Å²) in [4.78, 5) is 12.2. The van der Waals surface area contributed by atoms with E-state index < -0.39 is 0 Å². The Morgan fingerprint density at radius 3 is 2.41 bits per heavy atom. The lowest BCUT2D eigenvalue weighted by atomic mass is 10.2. The fourth-order valence-corrected chi connectivity index (χ4v) is 1.92. The molecule has 1 rings (SSSR count). The third-order valence-corrected chi connectivity index (χ3v) is 2.65. The average Bonchev–Trinajstić information content (AvgIpc) is 2.22. The summed E-state index contributed by atoms with van der Waals surface area (Å²) in [5, 5.41) is 3.61. The molecule has 0 unspecified atom stereocenters. The predicted octanol–water partition coefficient (Wildman–Crippen LogP) is 2.79. The van der Waals surface area contributed by atoms with Crippen LogP contribution in [-0.4, -0.2) is 17.4 Å². The molecular formula is C11H12Cl2N2OS. The van der Waals surface area contributed by atoms with E-state index in [9.17, 15) is 4.79 Å². The van der Waals surface area contributed by atoms with Gasteiger partial charge in [-0.05, 0) is 31.0 Å². The van der Waals surface area contributed by atoms with Crippen molar-refractivity contribution < 1.29 is 4.79 Å². The molecule has 0 atom stereocenters. The fraction of sp³-hybridized carbons (Fsp3) is 0.273. The van der Waals surface area contributed by atoms with Crippen LogP contribution in [0.3, 0.4) is 0 Å². The Morgan fingerprint density at radius 2 is 1.88 bits per heavy atom. The van der Waals surface area contributed by atoms with Gasteiger partial charge in [-0.15, -0.1) is 0 Å². The van der Waals surface area contributed by atoms with Gasteiger partial charge < -0.3 is 11.1 Å². The quantitative estimate of drug-likeness (QED) is 0.648. The zero-order valence-electron chi connectivity index (χ0n) is 9.00. The van der Waals surface area contributed by atoms with Crippen molar-refractivity contribution in [2.24, 2.45) is 5.73 Å². The Hall–Kier alpha value is -0.840.